The molecule has 3 heterocycles. The Morgan fingerprint density at radius 1 is 1.29 bits per heavy atom. The highest BCUT2D eigenvalue weighted by Gasteiger charge is 2.30. The van der Waals surface area contributed by atoms with E-state index in [0.717, 1.165) is 36.8 Å². The second-order valence-corrected chi connectivity index (χ2v) is 7.37. The SMILES string of the molecule is Cc1noc([C@@H]2CCCN2Cc2cnc(-c3ccccc3C)s2)n1. The van der Waals surface area contributed by atoms with Crippen LogP contribution in [0.4, 0.5) is 0 Å². The first kappa shape index (κ1) is 15.5. The first-order chi connectivity index (χ1) is 11.7. The average molecular weight is 340 g/mol. The Morgan fingerprint density at radius 2 is 2.17 bits per heavy atom. The van der Waals surface area contributed by atoms with Crippen molar-refractivity contribution in [2.24, 2.45) is 0 Å². The molecule has 0 radical (unpaired) electrons. The van der Waals surface area contributed by atoms with Gasteiger partial charge in [0.1, 0.15) is 5.01 Å². The van der Waals surface area contributed by atoms with Gasteiger partial charge in [0.15, 0.2) is 5.82 Å². The van der Waals surface area contributed by atoms with Crippen molar-refractivity contribution in [3.8, 4) is 10.6 Å². The van der Waals surface area contributed by atoms with Gasteiger partial charge in [-0.05, 0) is 38.8 Å². The number of likely N-dealkylation sites (tertiary alicyclic amines) is 1. The highest BCUT2D eigenvalue weighted by Crippen LogP contribution is 2.34. The highest BCUT2D eigenvalue weighted by atomic mass is 32.1. The molecule has 5 nitrogen and oxygen atoms in total. The normalized spacial score (nSPS) is 18.3. The third kappa shape index (κ3) is 2.99. The zero-order valence-electron chi connectivity index (χ0n) is 13.9. The van der Waals surface area contributed by atoms with Crippen LogP contribution in [0.2, 0.25) is 0 Å². The monoisotopic (exact) mass is 340 g/mol. The molecule has 3 aromatic rings. The van der Waals surface area contributed by atoms with Crippen LogP contribution in [0.5, 0.6) is 0 Å². The minimum atomic E-state index is 0.232. The highest BCUT2D eigenvalue weighted by molar-refractivity contribution is 7.15. The van der Waals surface area contributed by atoms with Gasteiger partial charge in [-0.1, -0.05) is 29.4 Å². The Labute approximate surface area is 145 Å². The number of benzene rings is 1. The van der Waals surface area contributed by atoms with Gasteiger partial charge in [0.05, 0.1) is 6.04 Å². The Morgan fingerprint density at radius 3 is 2.96 bits per heavy atom. The van der Waals surface area contributed by atoms with Gasteiger partial charge < -0.3 is 4.52 Å². The van der Waals surface area contributed by atoms with E-state index in [1.54, 1.807) is 11.3 Å². The second-order valence-electron chi connectivity index (χ2n) is 6.25. The van der Waals surface area contributed by atoms with Crippen LogP contribution < -0.4 is 0 Å². The third-order valence-corrected chi connectivity index (χ3v) is 5.50. The van der Waals surface area contributed by atoms with Crippen LogP contribution in [0, 0.1) is 13.8 Å². The summed E-state index contributed by atoms with van der Waals surface area (Å²) < 4.78 is 5.39. The Bertz CT molecular complexity index is 841. The van der Waals surface area contributed by atoms with Crippen LogP contribution >= 0.6 is 11.3 Å². The van der Waals surface area contributed by atoms with Crippen LogP contribution in [-0.2, 0) is 6.54 Å². The van der Waals surface area contributed by atoms with Gasteiger partial charge >= 0.3 is 0 Å². The molecule has 1 aliphatic rings. The Balaban J connectivity index is 1.52. The molecule has 0 bridgehead atoms. The smallest absolute Gasteiger partial charge is 0.243 e. The molecule has 1 fully saturated rings. The summed E-state index contributed by atoms with van der Waals surface area (Å²) in [5.74, 6) is 1.45. The number of nitrogens with zero attached hydrogens (tertiary/aromatic N) is 4. The molecule has 0 amide bonds. The fraction of sp³-hybridized carbons (Fsp3) is 0.389. The predicted molar refractivity (Wildman–Crippen MR) is 93.7 cm³/mol. The number of hydrogen-bond donors (Lipinski definition) is 0. The predicted octanol–water partition coefficient (Wildman–Crippen LogP) is 4.15. The molecular weight excluding hydrogens is 320 g/mol. The maximum atomic E-state index is 5.39. The van der Waals surface area contributed by atoms with Gasteiger partial charge in [-0.3, -0.25) is 4.90 Å². The van der Waals surface area contributed by atoms with Gasteiger partial charge in [0.25, 0.3) is 0 Å². The van der Waals surface area contributed by atoms with Crippen molar-refractivity contribution in [2.75, 3.05) is 6.54 Å². The van der Waals surface area contributed by atoms with Crippen molar-refractivity contribution in [3.05, 3.63) is 52.6 Å². The molecule has 6 heteroatoms. The number of aromatic nitrogens is 3. The molecule has 2 aromatic heterocycles. The van der Waals surface area contributed by atoms with Crippen LogP contribution in [0.25, 0.3) is 10.6 Å². The van der Waals surface area contributed by atoms with E-state index in [-0.39, 0.29) is 6.04 Å². The molecule has 1 aliphatic heterocycles. The van der Waals surface area contributed by atoms with E-state index in [9.17, 15) is 0 Å². The summed E-state index contributed by atoms with van der Waals surface area (Å²) in [5.41, 5.74) is 2.48. The molecule has 0 spiro atoms. The van der Waals surface area contributed by atoms with Gasteiger partial charge in [-0.15, -0.1) is 11.3 Å². The number of hydrogen-bond acceptors (Lipinski definition) is 6. The van der Waals surface area contributed by atoms with Crippen molar-refractivity contribution in [3.63, 3.8) is 0 Å². The summed E-state index contributed by atoms with van der Waals surface area (Å²) in [6.07, 6.45) is 4.24. The van der Waals surface area contributed by atoms with Crippen molar-refractivity contribution in [2.45, 2.75) is 39.3 Å². The third-order valence-electron chi connectivity index (χ3n) is 4.48. The molecule has 0 saturated carbocycles. The number of thiazole rings is 1. The maximum absolute atomic E-state index is 5.39. The zero-order chi connectivity index (χ0) is 16.5. The van der Waals surface area contributed by atoms with E-state index in [1.165, 1.54) is 16.0 Å². The van der Waals surface area contributed by atoms with E-state index in [1.807, 2.05) is 13.1 Å². The lowest BCUT2D eigenvalue weighted by atomic mass is 10.1. The molecule has 0 unspecified atom stereocenters. The first-order valence-electron chi connectivity index (χ1n) is 8.25. The molecule has 24 heavy (non-hydrogen) atoms. The fourth-order valence-electron chi connectivity index (χ4n) is 3.26. The van der Waals surface area contributed by atoms with Crippen LogP contribution in [0.1, 0.15) is 41.0 Å². The average Bonchev–Trinajstić information content (AvgIpc) is 3.29. The van der Waals surface area contributed by atoms with Crippen molar-refractivity contribution in [1.82, 2.24) is 20.0 Å². The lowest BCUT2D eigenvalue weighted by molar-refractivity contribution is 0.202. The van der Waals surface area contributed by atoms with Crippen LogP contribution in [-0.4, -0.2) is 26.6 Å². The molecule has 1 aromatic carbocycles. The summed E-state index contributed by atoms with van der Waals surface area (Å²) in [6.45, 7) is 5.94. The Hall–Kier alpha value is -2.05. The minimum Gasteiger partial charge on any atom is -0.338 e. The summed E-state index contributed by atoms with van der Waals surface area (Å²) in [6, 6.07) is 8.63. The van der Waals surface area contributed by atoms with Crippen LogP contribution in [0.3, 0.4) is 0 Å². The summed E-state index contributed by atoms with van der Waals surface area (Å²) in [5, 5.41) is 5.02. The summed E-state index contributed by atoms with van der Waals surface area (Å²) >= 11 is 1.77. The molecule has 0 N–H and O–H groups in total. The van der Waals surface area contributed by atoms with E-state index in [0.29, 0.717) is 5.82 Å². The summed E-state index contributed by atoms with van der Waals surface area (Å²) in [4.78, 5) is 12.7. The van der Waals surface area contributed by atoms with Crippen molar-refractivity contribution in [1.29, 1.82) is 0 Å². The topological polar surface area (TPSA) is 55.1 Å². The van der Waals surface area contributed by atoms with Crippen molar-refractivity contribution >= 4 is 11.3 Å². The lowest BCUT2D eigenvalue weighted by Gasteiger charge is -2.20. The van der Waals surface area contributed by atoms with Crippen LogP contribution in [0.15, 0.2) is 35.0 Å². The number of rotatable bonds is 4. The van der Waals surface area contributed by atoms with E-state index < -0.39 is 0 Å². The first-order valence-corrected chi connectivity index (χ1v) is 9.07. The largest absolute Gasteiger partial charge is 0.338 e. The van der Waals surface area contributed by atoms with E-state index in [2.05, 4.69) is 51.2 Å². The fourth-order valence-corrected chi connectivity index (χ4v) is 4.29. The van der Waals surface area contributed by atoms with Crippen molar-refractivity contribution < 1.29 is 4.52 Å². The van der Waals surface area contributed by atoms with E-state index >= 15 is 0 Å². The zero-order valence-corrected chi connectivity index (χ0v) is 14.7. The Kier molecular flexibility index (Phi) is 4.16. The second kappa shape index (κ2) is 6.45. The van der Waals surface area contributed by atoms with Gasteiger partial charge in [-0.25, -0.2) is 4.98 Å². The molecule has 1 saturated heterocycles. The lowest BCUT2D eigenvalue weighted by Crippen LogP contribution is -2.22. The standard InChI is InChI=1S/C18H20N4OS/c1-12-6-3-4-7-15(12)18-19-10-14(24-18)11-22-9-5-8-16(22)17-20-13(2)21-23-17/h3-4,6-7,10,16H,5,8-9,11H2,1-2H3/t16-/m0/s1. The maximum Gasteiger partial charge on any atom is 0.243 e. The molecule has 1 atom stereocenters. The summed E-state index contributed by atoms with van der Waals surface area (Å²) in [7, 11) is 0. The molecule has 124 valence electrons. The molecular formula is C18H20N4OS. The van der Waals surface area contributed by atoms with Gasteiger partial charge in [-0.2, -0.15) is 4.98 Å². The molecule has 0 aliphatic carbocycles. The van der Waals surface area contributed by atoms with Gasteiger partial charge in [0.2, 0.25) is 5.89 Å². The minimum absolute atomic E-state index is 0.232. The number of aryl methyl sites for hydroxylation is 2. The van der Waals surface area contributed by atoms with Gasteiger partial charge in [0, 0.05) is 23.2 Å². The van der Waals surface area contributed by atoms with E-state index in [4.69, 9.17) is 4.52 Å². The molecule has 4 rings (SSSR count). The quantitative estimate of drug-likeness (QED) is 0.714.